The fraction of sp³-hybridized carbons (Fsp3) is 0.452. The van der Waals surface area contributed by atoms with Crippen LogP contribution < -0.4 is 18.9 Å². The predicted molar refractivity (Wildman–Crippen MR) is 403 cm³/mol. The van der Waals surface area contributed by atoms with Gasteiger partial charge in [-0.05, 0) is 125 Å². The fourth-order valence-corrected chi connectivity index (χ4v) is 16.1. The molecule has 0 saturated carbocycles. The van der Waals surface area contributed by atoms with E-state index in [1.54, 1.807) is 0 Å². The highest BCUT2D eigenvalue weighted by molar-refractivity contribution is 5.91. The van der Waals surface area contributed by atoms with Crippen molar-refractivity contribution in [3.63, 3.8) is 0 Å². The van der Waals surface area contributed by atoms with E-state index in [4.69, 9.17) is 37.9 Å². The predicted octanol–water partition coefficient (Wildman–Crippen LogP) is 10.5. The minimum atomic E-state index is -1.46. The van der Waals surface area contributed by atoms with E-state index in [0.717, 1.165) is 160 Å². The number of carbonyl (C=O) groups is 2. The summed E-state index contributed by atoms with van der Waals surface area (Å²) in [5.74, 6) is 2.45. The van der Waals surface area contributed by atoms with E-state index in [0.29, 0.717) is 102 Å². The third-order valence-electron chi connectivity index (χ3n) is 21.5. The lowest BCUT2D eigenvalue weighted by Gasteiger charge is -2.52. The van der Waals surface area contributed by atoms with Crippen molar-refractivity contribution in [2.75, 3.05) is 158 Å². The summed E-state index contributed by atoms with van der Waals surface area (Å²) >= 11 is 0. The van der Waals surface area contributed by atoms with Crippen LogP contribution in [0.1, 0.15) is 81.8 Å². The third-order valence-corrected chi connectivity index (χ3v) is 21.5. The summed E-state index contributed by atoms with van der Waals surface area (Å²) in [6, 6.07) is 52.1. The van der Waals surface area contributed by atoms with Gasteiger partial charge in [0, 0.05) is 159 Å². The number of amides is 4. The molecule has 22 nitrogen and oxygen atoms in total. The first kappa shape index (κ1) is 73.8. The molecule has 0 atom stereocenters. The number of rotatable bonds is 24. The largest absolute Gasteiger partial charge is 0.491 e. The molecule has 4 aromatic heterocycles. The van der Waals surface area contributed by atoms with Gasteiger partial charge >= 0.3 is 12.1 Å². The van der Waals surface area contributed by atoms with Crippen LogP contribution in [-0.2, 0) is 82.1 Å². The smallest absolute Gasteiger partial charge is 0.325 e. The lowest BCUT2D eigenvalue weighted by molar-refractivity contribution is -0.0922. The number of carbonyl (C=O) groups excluding carboxylic acids is 2. The monoisotopic (exact) mass is 1440 g/mol. The Hall–Kier alpha value is -9.10. The summed E-state index contributed by atoms with van der Waals surface area (Å²) in [4.78, 5) is 69.0. The first-order valence-corrected chi connectivity index (χ1v) is 38.3. The number of hydrogen-bond acceptors (Lipinski definition) is 18. The Morgan fingerprint density at radius 1 is 0.311 bits per heavy atom. The lowest BCUT2D eigenvalue weighted by Crippen LogP contribution is -2.64. The number of hydrogen-bond donors (Lipinski definition) is 0. The number of unbranched alkanes of at least 4 members (excludes halogenated alkanes) is 2. The molecule has 2 fully saturated rings. The first-order chi connectivity index (χ1) is 52.4. The molecule has 106 heavy (non-hydrogen) atoms. The highest BCUT2D eigenvalue weighted by atomic mass is 16.5. The quantitative estimate of drug-likeness (QED) is 0.0520. The average molecular weight is 1440 g/mol. The van der Waals surface area contributed by atoms with Gasteiger partial charge in [-0.15, -0.1) is 0 Å². The van der Waals surface area contributed by atoms with Gasteiger partial charge in [-0.1, -0.05) is 84.9 Å². The normalized spacial score (nSPS) is 20.0. The van der Waals surface area contributed by atoms with Crippen LogP contribution in [0.5, 0.6) is 23.0 Å². The van der Waals surface area contributed by atoms with Crippen molar-refractivity contribution < 1.29 is 47.5 Å². The second-order valence-corrected chi connectivity index (χ2v) is 27.9. The van der Waals surface area contributed by atoms with Gasteiger partial charge in [-0.2, -0.15) is 0 Å². The van der Waals surface area contributed by atoms with Crippen molar-refractivity contribution in [3.05, 3.63) is 239 Å². The van der Waals surface area contributed by atoms with Crippen LogP contribution >= 0.6 is 0 Å². The summed E-state index contributed by atoms with van der Waals surface area (Å²) < 4.78 is 53.4. The van der Waals surface area contributed by atoms with Gasteiger partial charge in [-0.3, -0.25) is 49.3 Å². The number of benzene rings is 4. The Kier molecular flexibility index (Phi) is 25.7. The molecule has 0 radical (unpaired) electrons. The zero-order valence-electron chi connectivity index (χ0n) is 61.2. The number of urea groups is 2. The van der Waals surface area contributed by atoms with Crippen molar-refractivity contribution in [3.8, 4) is 23.0 Å². The van der Waals surface area contributed by atoms with Crippen LogP contribution in [0, 0.1) is 0 Å². The van der Waals surface area contributed by atoms with E-state index in [1.165, 1.54) is 0 Å². The van der Waals surface area contributed by atoms with Crippen molar-refractivity contribution in [1.82, 2.24) is 59.1 Å². The van der Waals surface area contributed by atoms with Crippen LogP contribution in [0.15, 0.2) is 183 Å². The Balaban J connectivity index is 0.735. The van der Waals surface area contributed by atoms with Crippen molar-refractivity contribution >= 4 is 12.1 Å². The van der Waals surface area contributed by atoms with Gasteiger partial charge < -0.3 is 47.7 Å². The third kappa shape index (κ3) is 17.3. The van der Waals surface area contributed by atoms with Crippen LogP contribution in [-0.4, -0.2) is 229 Å². The summed E-state index contributed by atoms with van der Waals surface area (Å²) in [6.07, 6.45) is 15.1. The molecule has 8 aromatic rings. The minimum absolute atomic E-state index is 0.0811. The van der Waals surface area contributed by atoms with Gasteiger partial charge in [-0.25, -0.2) is 9.59 Å². The fourth-order valence-electron chi connectivity index (χ4n) is 16.1. The van der Waals surface area contributed by atoms with E-state index < -0.39 is 11.3 Å². The maximum atomic E-state index is 16.5. The summed E-state index contributed by atoms with van der Waals surface area (Å²) in [6.45, 7) is 14.9. The van der Waals surface area contributed by atoms with Crippen molar-refractivity contribution in [1.29, 1.82) is 0 Å². The van der Waals surface area contributed by atoms with Crippen molar-refractivity contribution in [2.45, 2.75) is 88.9 Å². The number of aromatic nitrogens is 4. The van der Waals surface area contributed by atoms with Gasteiger partial charge in [0.25, 0.3) is 0 Å². The second kappa shape index (κ2) is 36.9. The molecule has 10 heterocycles. The topological polar surface area (TPSA) is 185 Å². The van der Waals surface area contributed by atoms with E-state index in [9.17, 15) is 0 Å². The van der Waals surface area contributed by atoms with Gasteiger partial charge in [0.2, 0.25) is 0 Å². The van der Waals surface area contributed by atoms with E-state index in [-0.39, 0.29) is 64.7 Å². The molecule has 2 saturated heterocycles. The van der Waals surface area contributed by atoms with Crippen LogP contribution in [0.25, 0.3) is 0 Å². The number of ether oxygens (including phenoxy) is 8. The zero-order chi connectivity index (χ0) is 72.0. The molecule has 558 valence electrons. The minimum Gasteiger partial charge on any atom is -0.491 e. The highest BCUT2D eigenvalue weighted by Gasteiger charge is 2.81. The van der Waals surface area contributed by atoms with Crippen molar-refractivity contribution in [2.24, 2.45) is 0 Å². The summed E-state index contributed by atoms with van der Waals surface area (Å²) in [7, 11) is 0. The Labute approximate surface area is 624 Å². The Morgan fingerprint density at radius 2 is 0.594 bits per heavy atom. The molecule has 0 aliphatic carbocycles. The van der Waals surface area contributed by atoms with Gasteiger partial charge in [0.15, 0.2) is 11.3 Å². The van der Waals surface area contributed by atoms with E-state index in [2.05, 4.69) is 112 Å². The molecule has 4 aromatic carbocycles. The van der Waals surface area contributed by atoms with Crippen LogP contribution in [0.2, 0.25) is 0 Å². The molecular weight excluding hydrogens is 1340 g/mol. The van der Waals surface area contributed by atoms with E-state index >= 15 is 9.59 Å². The molecule has 22 heteroatoms. The Bertz CT molecular complexity index is 3590. The first-order valence-electron chi connectivity index (χ1n) is 38.3. The molecule has 0 unspecified atom stereocenters. The summed E-state index contributed by atoms with van der Waals surface area (Å²) in [5.41, 5.74) is 6.23. The molecule has 14 rings (SSSR count). The van der Waals surface area contributed by atoms with E-state index in [1.807, 2.05) is 129 Å². The SMILES string of the molecule is O=C1N2Cc3c4ccc5c3CN1C1(c3ccccc3)N3Cc6c(ccc(c6CN(C3=O)C21c1ccccc1)OCCOCCN(CCCCN(CCc1ccccn1)CCc1ccccn1)CCOCCO4)OCCOCCN(CCCCN(CCc1ccccn1)CCc1ccccn1)CCOCCO5. The Morgan fingerprint density at radius 3 is 0.868 bits per heavy atom. The number of pyridine rings is 4. The molecule has 6 aliphatic heterocycles. The highest BCUT2D eigenvalue weighted by Crippen LogP contribution is 2.66. The van der Waals surface area contributed by atoms with Crippen LogP contribution in [0.3, 0.4) is 0 Å². The van der Waals surface area contributed by atoms with Crippen LogP contribution in [0.4, 0.5) is 9.59 Å². The molecule has 6 aliphatic rings. The lowest BCUT2D eigenvalue weighted by atomic mass is 9.77. The number of nitrogens with zero attached hydrogens (tertiary/aromatic N) is 12. The zero-order valence-corrected chi connectivity index (χ0v) is 61.2. The molecule has 0 N–H and O–H groups in total. The average Bonchev–Trinajstić information content (AvgIpc) is 1.47. The molecular formula is C84H102N12O10. The molecule has 4 amide bonds. The van der Waals surface area contributed by atoms with Gasteiger partial charge in [0.05, 0.1) is 79.0 Å². The maximum absolute atomic E-state index is 16.5. The standard InChI is InChI=1S/C84H102N12O10/c97-81-93-63-73-75-65-95(81)84(68-21-5-2-6-22-68)83(93,67-19-3-1-4-20-67)94-64-74-76(66-96(84)82(94)98)80-30-28-78(74)104-60-56-100-52-48-91(41-17-15-39-89(43-31-69-23-7-11-35-85-69)44-32-70-24-8-12-36-86-70)47-51-99-55-59-103-77(73)27-29-79(75)105-61-57-101-53-49-92(50-54-102-58-62-106-80)42-18-16-40-90(45-33-71-25-9-13-37-87-71)46-34-72-26-10-14-38-88-72/h1-14,19-30,35-38H,15-18,31-34,39-66H2. The molecule has 8 bridgehead atoms. The second-order valence-electron chi connectivity index (χ2n) is 27.9. The van der Waals surface area contributed by atoms with Gasteiger partial charge in [0.1, 0.15) is 49.4 Å². The molecule has 0 spiro atoms. The summed E-state index contributed by atoms with van der Waals surface area (Å²) in [5, 5.41) is 0. The maximum Gasteiger partial charge on any atom is 0.325 e.